The van der Waals surface area contributed by atoms with E-state index in [1.54, 1.807) is 31.2 Å². The van der Waals surface area contributed by atoms with Crippen molar-refractivity contribution in [3.63, 3.8) is 0 Å². The van der Waals surface area contributed by atoms with Gasteiger partial charge in [-0.05, 0) is 55.0 Å². The minimum Gasteiger partial charge on any atom is -0.384 e. The van der Waals surface area contributed by atoms with Gasteiger partial charge in [-0.3, -0.25) is 0 Å². The third kappa shape index (κ3) is 3.47. The van der Waals surface area contributed by atoms with Crippen molar-refractivity contribution in [1.82, 2.24) is 4.72 Å². The maximum absolute atomic E-state index is 12.5. The van der Waals surface area contributed by atoms with Crippen molar-refractivity contribution in [2.75, 3.05) is 6.54 Å². The van der Waals surface area contributed by atoms with E-state index in [4.69, 9.17) is 0 Å². The van der Waals surface area contributed by atoms with Crippen LogP contribution in [0.15, 0.2) is 53.4 Å². The third-order valence-electron chi connectivity index (χ3n) is 4.38. The fourth-order valence-electron chi connectivity index (χ4n) is 2.93. The predicted octanol–water partition coefficient (Wildman–Crippen LogP) is 2.36. The molecule has 0 amide bonds. The van der Waals surface area contributed by atoms with Gasteiger partial charge in [-0.15, -0.1) is 0 Å². The van der Waals surface area contributed by atoms with Gasteiger partial charge < -0.3 is 5.11 Å². The van der Waals surface area contributed by atoms with Crippen LogP contribution in [0.3, 0.4) is 0 Å². The third-order valence-corrected chi connectivity index (χ3v) is 5.78. The summed E-state index contributed by atoms with van der Waals surface area (Å²) in [6.07, 6.45) is 3.03. The summed E-state index contributed by atoms with van der Waals surface area (Å²) in [5.41, 5.74) is 1.77. The van der Waals surface area contributed by atoms with E-state index in [0.29, 0.717) is 5.56 Å². The molecule has 1 atom stereocenters. The Bertz CT molecular complexity index is 798. The van der Waals surface area contributed by atoms with Gasteiger partial charge in [-0.2, -0.15) is 0 Å². The highest BCUT2D eigenvalue weighted by Crippen LogP contribution is 2.25. The van der Waals surface area contributed by atoms with E-state index in [1.807, 2.05) is 24.3 Å². The van der Waals surface area contributed by atoms with Crippen molar-refractivity contribution < 1.29 is 13.5 Å². The van der Waals surface area contributed by atoms with Gasteiger partial charge in [0, 0.05) is 6.54 Å². The van der Waals surface area contributed by atoms with Crippen molar-refractivity contribution in [2.45, 2.75) is 36.7 Å². The fourth-order valence-corrected chi connectivity index (χ4v) is 4.12. The number of aliphatic hydroxyl groups is 1. The lowest BCUT2D eigenvalue weighted by Gasteiger charge is -2.24. The number of aryl methyl sites for hydroxylation is 2. The zero-order chi connectivity index (χ0) is 16.5. The van der Waals surface area contributed by atoms with Crippen LogP contribution in [-0.2, 0) is 28.5 Å². The first-order valence-electron chi connectivity index (χ1n) is 7.78. The Morgan fingerprint density at radius 2 is 1.78 bits per heavy atom. The summed E-state index contributed by atoms with van der Waals surface area (Å²) >= 11 is 0. The van der Waals surface area contributed by atoms with Crippen molar-refractivity contribution in [1.29, 1.82) is 0 Å². The molecule has 0 aromatic heterocycles. The lowest BCUT2D eigenvalue weighted by molar-refractivity contribution is 0.0627. The van der Waals surface area contributed by atoms with E-state index in [0.717, 1.165) is 24.8 Å². The van der Waals surface area contributed by atoms with Gasteiger partial charge in [0.2, 0.25) is 10.0 Å². The molecule has 0 bridgehead atoms. The molecule has 0 radical (unpaired) electrons. The van der Waals surface area contributed by atoms with Gasteiger partial charge in [-0.1, -0.05) is 36.4 Å². The summed E-state index contributed by atoms with van der Waals surface area (Å²) in [4.78, 5) is 0.266. The molecule has 0 saturated carbocycles. The van der Waals surface area contributed by atoms with Crippen molar-refractivity contribution in [2.24, 2.45) is 0 Å². The molecule has 2 aromatic carbocycles. The summed E-state index contributed by atoms with van der Waals surface area (Å²) < 4.78 is 27.5. The van der Waals surface area contributed by atoms with Crippen molar-refractivity contribution in [3.05, 3.63) is 65.2 Å². The number of rotatable bonds is 5. The van der Waals surface area contributed by atoms with Crippen LogP contribution >= 0.6 is 0 Å². The zero-order valence-electron chi connectivity index (χ0n) is 13.1. The molecule has 1 aliphatic rings. The van der Waals surface area contributed by atoms with Crippen LogP contribution in [0, 0.1) is 0 Å². The number of sulfonamides is 1. The number of hydrogen-bond acceptors (Lipinski definition) is 3. The molecule has 1 aliphatic carbocycles. The van der Waals surface area contributed by atoms with Gasteiger partial charge in [0.15, 0.2) is 0 Å². The molecule has 0 heterocycles. The molecule has 3 rings (SSSR count). The Kier molecular flexibility index (Phi) is 4.27. The quantitative estimate of drug-likeness (QED) is 0.884. The van der Waals surface area contributed by atoms with E-state index in [9.17, 15) is 13.5 Å². The molecule has 1 unspecified atom stereocenters. The first-order valence-corrected chi connectivity index (χ1v) is 9.26. The molecule has 122 valence electrons. The van der Waals surface area contributed by atoms with Crippen LogP contribution in [0.4, 0.5) is 0 Å². The van der Waals surface area contributed by atoms with E-state index < -0.39 is 15.6 Å². The van der Waals surface area contributed by atoms with Crippen LogP contribution < -0.4 is 4.72 Å². The average molecular weight is 331 g/mol. The summed E-state index contributed by atoms with van der Waals surface area (Å²) in [5.74, 6) is 0. The Balaban J connectivity index is 1.77. The number of nitrogens with one attached hydrogen (secondary N) is 1. The van der Waals surface area contributed by atoms with Crippen molar-refractivity contribution in [3.8, 4) is 0 Å². The molecule has 0 aliphatic heterocycles. The van der Waals surface area contributed by atoms with Gasteiger partial charge in [0.05, 0.1) is 4.90 Å². The molecule has 5 heteroatoms. The van der Waals surface area contributed by atoms with E-state index in [-0.39, 0.29) is 11.4 Å². The fraction of sp³-hybridized carbons (Fsp3) is 0.333. The summed E-state index contributed by atoms with van der Waals surface area (Å²) in [7, 11) is -3.63. The predicted molar refractivity (Wildman–Crippen MR) is 89.7 cm³/mol. The van der Waals surface area contributed by atoms with Crippen LogP contribution in [0.1, 0.15) is 30.0 Å². The molecule has 0 spiro atoms. The Hall–Kier alpha value is -1.69. The second-order valence-electron chi connectivity index (χ2n) is 6.25. The smallest absolute Gasteiger partial charge is 0.240 e. The maximum atomic E-state index is 12.5. The van der Waals surface area contributed by atoms with Crippen LogP contribution in [0.5, 0.6) is 0 Å². The first kappa shape index (κ1) is 16.2. The second kappa shape index (κ2) is 6.07. The summed E-state index contributed by atoms with van der Waals surface area (Å²) in [6.45, 7) is 1.53. The van der Waals surface area contributed by atoms with Crippen molar-refractivity contribution >= 4 is 10.0 Å². The van der Waals surface area contributed by atoms with E-state index >= 15 is 0 Å². The molecular formula is C18H21NO3S. The van der Waals surface area contributed by atoms with Gasteiger partial charge in [-0.25, -0.2) is 13.1 Å². The molecule has 23 heavy (non-hydrogen) atoms. The molecule has 2 N–H and O–H groups in total. The van der Waals surface area contributed by atoms with Crippen LogP contribution in [-0.4, -0.2) is 20.1 Å². The minimum absolute atomic E-state index is 0.0730. The highest BCUT2D eigenvalue weighted by atomic mass is 32.2. The largest absolute Gasteiger partial charge is 0.384 e. The number of benzene rings is 2. The molecule has 2 aromatic rings. The standard InChI is InChI=1S/C18H21NO3S/c1-18(20,16-8-3-2-4-9-16)13-19-23(21,22)17-11-10-14-6-5-7-15(14)12-17/h2-4,8-12,19-20H,5-7,13H2,1H3. The molecule has 0 fully saturated rings. The number of fused-ring (bicyclic) bond motifs is 1. The van der Waals surface area contributed by atoms with Gasteiger partial charge in [0.25, 0.3) is 0 Å². The zero-order valence-corrected chi connectivity index (χ0v) is 13.9. The Morgan fingerprint density at radius 1 is 1.09 bits per heavy atom. The summed E-state index contributed by atoms with van der Waals surface area (Å²) in [5, 5.41) is 10.5. The molecule has 4 nitrogen and oxygen atoms in total. The van der Waals surface area contributed by atoms with E-state index in [1.165, 1.54) is 5.56 Å². The Morgan fingerprint density at radius 3 is 2.52 bits per heavy atom. The lowest BCUT2D eigenvalue weighted by Crippen LogP contribution is -2.38. The highest BCUT2D eigenvalue weighted by Gasteiger charge is 2.26. The molecular weight excluding hydrogens is 310 g/mol. The number of hydrogen-bond donors (Lipinski definition) is 2. The highest BCUT2D eigenvalue weighted by molar-refractivity contribution is 7.89. The SMILES string of the molecule is CC(O)(CNS(=O)(=O)c1ccc2c(c1)CCC2)c1ccccc1. The lowest BCUT2D eigenvalue weighted by atomic mass is 9.97. The van der Waals surface area contributed by atoms with Crippen LogP contribution in [0.2, 0.25) is 0 Å². The second-order valence-corrected chi connectivity index (χ2v) is 8.02. The van der Waals surface area contributed by atoms with Gasteiger partial charge in [0.1, 0.15) is 5.60 Å². The monoisotopic (exact) mass is 331 g/mol. The Labute approximate surface area is 137 Å². The normalized spacial score (nSPS) is 16.8. The van der Waals surface area contributed by atoms with Crippen LogP contribution in [0.25, 0.3) is 0 Å². The topological polar surface area (TPSA) is 66.4 Å². The minimum atomic E-state index is -3.63. The first-order chi connectivity index (χ1) is 10.9. The summed E-state index contributed by atoms with van der Waals surface area (Å²) in [6, 6.07) is 14.3. The maximum Gasteiger partial charge on any atom is 0.240 e. The average Bonchev–Trinajstić information content (AvgIpc) is 3.02. The van der Waals surface area contributed by atoms with Gasteiger partial charge >= 0.3 is 0 Å². The van der Waals surface area contributed by atoms with E-state index in [2.05, 4.69) is 4.72 Å². The molecule has 0 saturated heterocycles.